The molecule has 1 aromatic carbocycles. The number of nitrogens with one attached hydrogen (secondary N) is 1. The van der Waals surface area contributed by atoms with Crippen LogP contribution in [0.3, 0.4) is 0 Å². The average Bonchev–Trinajstić information content (AvgIpc) is 2.43. The van der Waals surface area contributed by atoms with Crippen molar-refractivity contribution < 1.29 is 4.79 Å². The van der Waals surface area contributed by atoms with Crippen molar-refractivity contribution in [2.75, 3.05) is 0 Å². The van der Waals surface area contributed by atoms with Gasteiger partial charge in [0.25, 0.3) is 0 Å². The fourth-order valence-corrected chi connectivity index (χ4v) is 1.91. The molecule has 2 nitrogen and oxygen atoms in total. The van der Waals surface area contributed by atoms with Gasteiger partial charge in [0.05, 0.1) is 6.04 Å². The Morgan fingerprint density at radius 2 is 1.86 bits per heavy atom. The fraction of sp³-hybridized carbons (Fsp3) is 0.250. The molecule has 0 radical (unpaired) electrons. The molecule has 1 amide bonds. The number of carbonyl (C=O) groups is 1. The van der Waals surface area contributed by atoms with E-state index in [4.69, 9.17) is 0 Å². The molecule has 0 bridgehead atoms. The molecular weight excluding hydrogens is 174 g/mol. The van der Waals surface area contributed by atoms with Crippen molar-refractivity contribution in [3.63, 3.8) is 0 Å². The van der Waals surface area contributed by atoms with Crippen LogP contribution in [0.4, 0.5) is 0 Å². The summed E-state index contributed by atoms with van der Waals surface area (Å²) in [6, 6.07) is 10.2. The summed E-state index contributed by atoms with van der Waals surface area (Å²) in [7, 11) is 0. The maximum absolute atomic E-state index is 11.4. The second-order valence-electron chi connectivity index (χ2n) is 3.60. The largest absolute Gasteiger partial charge is 0.346 e. The van der Waals surface area contributed by atoms with E-state index in [2.05, 4.69) is 5.32 Å². The summed E-state index contributed by atoms with van der Waals surface area (Å²) in [6.45, 7) is 3.89. The maximum Gasteiger partial charge on any atom is 0.247 e. The fourth-order valence-electron chi connectivity index (χ4n) is 1.91. The Morgan fingerprint density at radius 3 is 2.36 bits per heavy atom. The van der Waals surface area contributed by atoms with Gasteiger partial charge in [-0.15, -0.1) is 0 Å². The SMILES string of the molecule is CC1=C(c2ccccc2)C(C)NC1=O. The molecule has 0 spiro atoms. The Hall–Kier alpha value is -1.57. The third-order valence-electron chi connectivity index (χ3n) is 2.61. The quantitative estimate of drug-likeness (QED) is 0.715. The average molecular weight is 187 g/mol. The second-order valence-corrected chi connectivity index (χ2v) is 3.60. The zero-order valence-electron chi connectivity index (χ0n) is 8.37. The maximum atomic E-state index is 11.4. The van der Waals surface area contributed by atoms with Gasteiger partial charge in [-0.3, -0.25) is 4.79 Å². The molecule has 0 fully saturated rings. The van der Waals surface area contributed by atoms with Crippen LogP contribution in [0.1, 0.15) is 19.4 Å². The summed E-state index contributed by atoms with van der Waals surface area (Å²) in [4.78, 5) is 11.4. The molecule has 2 heteroatoms. The summed E-state index contributed by atoms with van der Waals surface area (Å²) in [5.74, 6) is 0.0522. The van der Waals surface area contributed by atoms with Gasteiger partial charge in [-0.2, -0.15) is 0 Å². The Bertz CT molecular complexity index is 392. The highest BCUT2D eigenvalue weighted by atomic mass is 16.2. The Balaban J connectivity index is 2.49. The van der Waals surface area contributed by atoms with E-state index >= 15 is 0 Å². The van der Waals surface area contributed by atoms with Gasteiger partial charge in [-0.1, -0.05) is 30.3 Å². The molecule has 0 saturated carbocycles. The van der Waals surface area contributed by atoms with Crippen molar-refractivity contribution in [1.82, 2.24) is 5.32 Å². The highest BCUT2D eigenvalue weighted by molar-refractivity contribution is 6.06. The normalized spacial score (nSPS) is 21.3. The topological polar surface area (TPSA) is 29.1 Å². The van der Waals surface area contributed by atoms with Gasteiger partial charge < -0.3 is 5.32 Å². The molecule has 1 aromatic rings. The van der Waals surface area contributed by atoms with E-state index in [1.54, 1.807) is 0 Å². The van der Waals surface area contributed by atoms with Crippen LogP contribution in [-0.2, 0) is 4.79 Å². The number of benzene rings is 1. The highest BCUT2D eigenvalue weighted by Crippen LogP contribution is 2.26. The highest BCUT2D eigenvalue weighted by Gasteiger charge is 2.25. The van der Waals surface area contributed by atoms with Crippen LogP contribution < -0.4 is 5.32 Å². The van der Waals surface area contributed by atoms with Crippen LogP contribution in [0.2, 0.25) is 0 Å². The van der Waals surface area contributed by atoms with Crippen LogP contribution >= 0.6 is 0 Å². The zero-order valence-corrected chi connectivity index (χ0v) is 8.37. The van der Waals surface area contributed by atoms with Gasteiger partial charge in [0.1, 0.15) is 0 Å². The van der Waals surface area contributed by atoms with Crippen LogP contribution in [-0.4, -0.2) is 11.9 Å². The summed E-state index contributed by atoms with van der Waals surface area (Å²) >= 11 is 0. The standard InChI is InChI=1S/C12H13NO/c1-8-11(9(2)13-12(8)14)10-6-4-3-5-7-10/h3-7,9H,1-2H3,(H,13,14). The van der Waals surface area contributed by atoms with Crippen molar-refractivity contribution in [3.8, 4) is 0 Å². The van der Waals surface area contributed by atoms with E-state index in [9.17, 15) is 4.79 Å². The number of amides is 1. The minimum absolute atomic E-state index is 0.0522. The van der Waals surface area contributed by atoms with E-state index in [0.717, 1.165) is 16.7 Å². The van der Waals surface area contributed by atoms with Crippen LogP contribution in [0.25, 0.3) is 5.57 Å². The number of hydrogen-bond acceptors (Lipinski definition) is 1. The third-order valence-corrected chi connectivity index (χ3v) is 2.61. The van der Waals surface area contributed by atoms with Crippen molar-refractivity contribution in [3.05, 3.63) is 41.5 Å². The molecule has 1 atom stereocenters. The van der Waals surface area contributed by atoms with Gasteiger partial charge in [-0.05, 0) is 25.0 Å². The lowest BCUT2D eigenvalue weighted by atomic mass is 9.98. The van der Waals surface area contributed by atoms with Gasteiger partial charge in [0, 0.05) is 5.57 Å². The summed E-state index contributed by atoms with van der Waals surface area (Å²) in [6.07, 6.45) is 0. The Kier molecular flexibility index (Phi) is 2.12. The second kappa shape index (κ2) is 3.29. The summed E-state index contributed by atoms with van der Waals surface area (Å²) in [5.41, 5.74) is 3.09. The first-order valence-electron chi connectivity index (χ1n) is 4.77. The molecule has 1 unspecified atom stereocenters. The lowest BCUT2D eigenvalue weighted by molar-refractivity contribution is -0.116. The minimum Gasteiger partial charge on any atom is -0.346 e. The Labute approximate surface area is 83.6 Å². The number of rotatable bonds is 1. The van der Waals surface area contributed by atoms with E-state index in [1.807, 2.05) is 44.2 Å². The number of hydrogen-bond donors (Lipinski definition) is 1. The van der Waals surface area contributed by atoms with Crippen LogP contribution in [0.15, 0.2) is 35.9 Å². The van der Waals surface area contributed by atoms with Crippen LogP contribution in [0, 0.1) is 0 Å². The van der Waals surface area contributed by atoms with Gasteiger partial charge in [-0.25, -0.2) is 0 Å². The summed E-state index contributed by atoms with van der Waals surface area (Å²) in [5, 5.41) is 2.90. The van der Waals surface area contributed by atoms with Gasteiger partial charge >= 0.3 is 0 Å². The molecule has 1 aliphatic heterocycles. The first-order chi connectivity index (χ1) is 6.70. The van der Waals surface area contributed by atoms with Crippen molar-refractivity contribution >= 4 is 11.5 Å². The van der Waals surface area contributed by atoms with E-state index in [1.165, 1.54) is 0 Å². The molecule has 1 aliphatic rings. The lowest BCUT2D eigenvalue weighted by Crippen LogP contribution is -2.25. The first kappa shape index (κ1) is 9.00. The van der Waals surface area contributed by atoms with E-state index in [-0.39, 0.29) is 11.9 Å². The molecule has 0 aromatic heterocycles. The first-order valence-corrected chi connectivity index (χ1v) is 4.77. The van der Waals surface area contributed by atoms with Gasteiger partial charge in [0.2, 0.25) is 5.91 Å². The predicted molar refractivity (Wildman–Crippen MR) is 56.6 cm³/mol. The molecule has 1 N–H and O–H groups in total. The molecule has 1 heterocycles. The van der Waals surface area contributed by atoms with E-state index < -0.39 is 0 Å². The van der Waals surface area contributed by atoms with Crippen molar-refractivity contribution in [2.24, 2.45) is 0 Å². The predicted octanol–water partition coefficient (Wildman–Crippen LogP) is 1.98. The molecule has 72 valence electrons. The van der Waals surface area contributed by atoms with Gasteiger partial charge in [0.15, 0.2) is 0 Å². The van der Waals surface area contributed by atoms with Crippen molar-refractivity contribution in [2.45, 2.75) is 19.9 Å². The molecular formula is C12H13NO. The Morgan fingerprint density at radius 1 is 1.21 bits per heavy atom. The summed E-state index contributed by atoms with van der Waals surface area (Å²) < 4.78 is 0. The zero-order chi connectivity index (χ0) is 10.1. The molecule has 2 rings (SSSR count). The molecule has 0 saturated heterocycles. The molecule has 14 heavy (non-hydrogen) atoms. The van der Waals surface area contributed by atoms with Crippen molar-refractivity contribution in [1.29, 1.82) is 0 Å². The number of carbonyl (C=O) groups excluding carboxylic acids is 1. The van der Waals surface area contributed by atoms with Crippen LogP contribution in [0.5, 0.6) is 0 Å². The molecule has 0 aliphatic carbocycles. The minimum atomic E-state index is 0.0522. The third kappa shape index (κ3) is 1.33. The lowest BCUT2D eigenvalue weighted by Gasteiger charge is -2.09. The monoisotopic (exact) mass is 187 g/mol. The van der Waals surface area contributed by atoms with E-state index in [0.29, 0.717) is 0 Å². The smallest absolute Gasteiger partial charge is 0.247 e.